The third-order valence-electron chi connectivity index (χ3n) is 0.940. The minimum Gasteiger partial charge on any atom is -1.00 e. The van der Waals surface area contributed by atoms with Crippen LogP contribution in [0.1, 0.15) is 5.56 Å². The molecule has 0 fully saturated rings. The van der Waals surface area contributed by atoms with Crippen LogP contribution in [-0.2, 0) is 13.5 Å². The van der Waals surface area contributed by atoms with Crippen molar-refractivity contribution < 1.29 is 4.70 Å². The van der Waals surface area contributed by atoms with Gasteiger partial charge in [-0.05, 0) is 6.92 Å². The summed E-state index contributed by atoms with van der Waals surface area (Å²) in [5.41, 5.74) is 1.32. The molecule has 0 aliphatic rings. The van der Waals surface area contributed by atoms with Gasteiger partial charge in [0, 0.05) is 0 Å². The molecule has 0 nitrogen and oxygen atoms in total. The van der Waals surface area contributed by atoms with Gasteiger partial charge in [-0.15, -0.1) is 0 Å². The first-order valence-corrected chi connectivity index (χ1v) is 2.41. The van der Waals surface area contributed by atoms with E-state index in [1.54, 1.807) is 0 Å². The average molecular weight is 146 g/mol. The summed E-state index contributed by atoms with van der Waals surface area (Å²) in [5.74, 6) is 0. The Bertz CT molecular complexity index is 139. The summed E-state index contributed by atoms with van der Waals surface area (Å²) in [4.78, 5) is 0. The second kappa shape index (κ2) is 5.63. The fourth-order valence-corrected chi connectivity index (χ4v) is 0.534. The standard InChI is InChI=1S/C7H8.FH.H2S/c1-7-5-3-2-4-6-7;;/h2-6H,1H3;1H;1H2. The van der Waals surface area contributed by atoms with Crippen molar-refractivity contribution in [3.63, 3.8) is 0 Å². The van der Waals surface area contributed by atoms with Crippen LogP contribution in [0.2, 0.25) is 0 Å². The molecule has 0 radical (unpaired) electrons. The molecule has 2 heteroatoms. The summed E-state index contributed by atoms with van der Waals surface area (Å²) >= 11 is 0. The first-order valence-electron chi connectivity index (χ1n) is 2.41. The molecular formula is C7H11FS. The largest absolute Gasteiger partial charge is 1.00 e. The van der Waals surface area contributed by atoms with Crippen LogP contribution in [0.25, 0.3) is 0 Å². The second-order valence-corrected chi connectivity index (χ2v) is 1.65. The zero-order valence-electron chi connectivity index (χ0n) is 5.34. The lowest BCUT2D eigenvalue weighted by Crippen LogP contribution is -3.00. The van der Waals surface area contributed by atoms with Gasteiger partial charge in [-0.2, -0.15) is 0 Å². The molecule has 1 aromatic rings. The molecular weight excluding hydrogens is 135 g/mol. The van der Waals surface area contributed by atoms with Crippen molar-refractivity contribution in [2.24, 2.45) is 0 Å². The van der Waals surface area contributed by atoms with Crippen LogP contribution in [0.5, 0.6) is 0 Å². The van der Waals surface area contributed by atoms with Crippen molar-refractivity contribution in [1.82, 2.24) is 0 Å². The van der Waals surface area contributed by atoms with E-state index in [1.807, 2.05) is 18.2 Å². The molecule has 1 aromatic carbocycles. The minimum atomic E-state index is 0. The Morgan fingerprint density at radius 2 is 1.44 bits per heavy atom. The van der Waals surface area contributed by atoms with Crippen LogP contribution >= 0.6 is 0 Å². The minimum absolute atomic E-state index is 0. The molecule has 9 heavy (non-hydrogen) atoms. The molecule has 0 aliphatic heterocycles. The molecule has 0 atom stereocenters. The van der Waals surface area contributed by atoms with E-state index in [4.69, 9.17) is 0 Å². The van der Waals surface area contributed by atoms with Gasteiger partial charge in [-0.3, -0.25) is 0 Å². The van der Waals surface area contributed by atoms with E-state index in [0.29, 0.717) is 0 Å². The number of aryl methyl sites for hydroxylation is 1. The van der Waals surface area contributed by atoms with Crippen molar-refractivity contribution in [3.8, 4) is 0 Å². The molecule has 0 bridgehead atoms. The highest BCUT2D eigenvalue weighted by atomic mass is 32.1. The van der Waals surface area contributed by atoms with Crippen LogP contribution < -0.4 is 4.70 Å². The van der Waals surface area contributed by atoms with E-state index in [1.165, 1.54) is 5.56 Å². The van der Waals surface area contributed by atoms with E-state index >= 15 is 0 Å². The summed E-state index contributed by atoms with van der Waals surface area (Å²) in [6.45, 7) is 2.08. The third kappa shape index (κ3) is 4.03. The van der Waals surface area contributed by atoms with Crippen LogP contribution in [0.15, 0.2) is 30.3 Å². The fourth-order valence-electron chi connectivity index (χ4n) is 0.534. The molecule has 0 saturated heterocycles. The third-order valence-corrected chi connectivity index (χ3v) is 0.940. The van der Waals surface area contributed by atoms with Gasteiger partial charge in [0.2, 0.25) is 0 Å². The Morgan fingerprint density at radius 3 is 1.67 bits per heavy atom. The van der Waals surface area contributed by atoms with Gasteiger partial charge < -0.3 is 4.70 Å². The first-order chi connectivity index (χ1) is 3.39. The van der Waals surface area contributed by atoms with E-state index in [0.717, 1.165) is 0 Å². The summed E-state index contributed by atoms with van der Waals surface area (Å²) < 4.78 is 0. The Kier molecular flexibility index (Phi) is 7.08. The number of hydrogen-bond donors (Lipinski definition) is 0. The van der Waals surface area contributed by atoms with Crippen LogP contribution in [0.3, 0.4) is 0 Å². The predicted octanol–water partition coefficient (Wildman–Crippen LogP) is -1.81. The maximum absolute atomic E-state index is 2.08. The van der Waals surface area contributed by atoms with Crippen molar-refractivity contribution in [3.05, 3.63) is 35.9 Å². The average Bonchev–Trinajstić information content (AvgIpc) is 1.69. The lowest BCUT2D eigenvalue weighted by molar-refractivity contribution is -0.00000164. The van der Waals surface area contributed by atoms with Gasteiger partial charge in [-0.25, -0.2) is 0 Å². The molecule has 1 rings (SSSR count). The van der Waals surface area contributed by atoms with E-state index in [-0.39, 0.29) is 18.2 Å². The number of benzene rings is 1. The summed E-state index contributed by atoms with van der Waals surface area (Å²) in [7, 11) is 0. The Morgan fingerprint density at radius 1 is 1.00 bits per heavy atom. The molecule has 0 unspecified atom stereocenters. The maximum atomic E-state index is 2.08. The highest BCUT2D eigenvalue weighted by Gasteiger charge is 1.72. The SMILES string of the molecule is Cc1ccccc1.[F-].[SH3+]. The lowest BCUT2D eigenvalue weighted by Gasteiger charge is -1.82. The molecule has 0 aromatic heterocycles. The molecule has 52 valence electrons. The van der Waals surface area contributed by atoms with Gasteiger partial charge in [0.25, 0.3) is 0 Å². The van der Waals surface area contributed by atoms with Crippen LogP contribution in [-0.4, -0.2) is 0 Å². The molecule has 0 aliphatic carbocycles. The summed E-state index contributed by atoms with van der Waals surface area (Å²) in [5, 5.41) is 0. The smallest absolute Gasteiger partial charge is 0.0398 e. The van der Waals surface area contributed by atoms with E-state index in [2.05, 4.69) is 19.1 Å². The Hall–Kier alpha value is -0.500. The fraction of sp³-hybridized carbons (Fsp3) is 0.143. The quantitative estimate of drug-likeness (QED) is 0.379. The van der Waals surface area contributed by atoms with E-state index < -0.39 is 0 Å². The van der Waals surface area contributed by atoms with E-state index in [9.17, 15) is 0 Å². The molecule has 0 heterocycles. The normalized spacial score (nSPS) is 6.78. The number of hydrogen-bond acceptors (Lipinski definition) is 0. The van der Waals surface area contributed by atoms with Crippen molar-refractivity contribution in [2.45, 2.75) is 6.92 Å². The van der Waals surface area contributed by atoms with Gasteiger partial charge in [0.05, 0.1) is 0 Å². The van der Waals surface area contributed by atoms with Crippen LogP contribution in [0, 0.1) is 6.92 Å². The highest BCUT2D eigenvalue weighted by Crippen LogP contribution is 1.92. The second-order valence-electron chi connectivity index (χ2n) is 1.65. The van der Waals surface area contributed by atoms with Gasteiger partial charge in [0.15, 0.2) is 0 Å². The number of rotatable bonds is 0. The Labute approximate surface area is 61.7 Å². The van der Waals surface area contributed by atoms with Gasteiger partial charge in [-0.1, -0.05) is 49.4 Å². The monoisotopic (exact) mass is 146 g/mol. The highest BCUT2D eigenvalue weighted by molar-refractivity contribution is 7.37. The molecule has 0 N–H and O–H groups in total. The predicted molar refractivity (Wildman–Crippen MR) is 42.7 cm³/mol. The van der Waals surface area contributed by atoms with Gasteiger partial charge >= 0.3 is 0 Å². The van der Waals surface area contributed by atoms with Crippen molar-refractivity contribution in [1.29, 1.82) is 0 Å². The first kappa shape index (κ1) is 11.3. The van der Waals surface area contributed by atoms with Gasteiger partial charge in [0.1, 0.15) is 0 Å². The summed E-state index contributed by atoms with van der Waals surface area (Å²) in [6.07, 6.45) is 0. The van der Waals surface area contributed by atoms with Crippen LogP contribution in [0.4, 0.5) is 0 Å². The maximum Gasteiger partial charge on any atom is -0.0398 e. The zero-order valence-corrected chi connectivity index (χ0v) is 6.50. The van der Waals surface area contributed by atoms with Crippen molar-refractivity contribution in [2.75, 3.05) is 0 Å². The zero-order chi connectivity index (χ0) is 5.11. The number of halogens is 1. The molecule has 0 amide bonds. The molecule has 0 saturated carbocycles. The molecule has 0 spiro atoms. The van der Waals surface area contributed by atoms with Crippen molar-refractivity contribution >= 4 is 13.5 Å². The topological polar surface area (TPSA) is 0 Å². The summed E-state index contributed by atoms with van der Waals surface area (Å²) in [6, 6.07) is 10.3. The Balaban J connectivity index is 0. The lowest BCUT2D eigenvalue weighted by atomic mass is 10.2.